The van der Waals surface area contributed by atoms with Crippen LogP contribution < -0.4 is 10.5 Å². The molecule has 0 aliphatic heterocycles. The molecule has 0 saturated carbocycles. The van der Waals surface area contributed by atoms with Crippen LogP contribution in [0.4, 0.5) is 5.69 Å². The Kier molecular flexibility index (Phi) is 4.58. The molecule has 0 aliphatic rings. The van der Waals surface area contributed by atoms with E-state index in [-0.39, 0.29) is 10.8 Å². The van der Waals surface area contributed by atoms with E-state index in [1.54, 1.807) is 35.1 Å². The molecule has 0 atom stereocenters. The Hall–Kier alpha value is -2.68. The van der Waals surface area contributed by atoms with Crippen LogP contribution in [-0.4, -0.2) is 24.1 Å². The Labute approximate surface area is 149 Å². The van der Waals surface area contributed by atoms with Crippen molar-refractivity contribution < 1.29 is 13.2 Å². The molecule has 0 aliphatic carbocycles. The van der Waals surface area contributed by atoms with Gasteiger partial charge < -0.3 is 5.32 Å². The van der Waals surface area contributed by atoms with Crippen LogP contribution in [0.15, 0.2) is 65.8 Å². The number of primary sulfonamides is 1. The van der Waals surface area contributed by atoms with Gasteiger partial charge in [0.25, 0.3) is 5.91 Å². The van der Waals surface area contributed by atoms with Gasteiger partial charge in [0.15, 0.2) is 0 Å². The third kappa shape index (κ3) is 4.05. The summed E-state index contributed by atoms with van der Waals surface area (Å²) in [5, 5.41) is 12.4. The molecule has 1 amide bonds. The van der Waals surface area contributed by atoms with E-state index >= 15 is 0 Å². The zero-order chi connectivity index (χ0) is 18.0. The van der Waals surface area contributed by atoms with E-state index in [4.69, 9.17) is 16.7 Å². The van der Waals surface area contributed by atoms with Gasteiger partial charge in [0, 0.05) is 16.9 Å². The van der Waals surface area contributed by atoms with Crippen molar-refractivity contribution in [2.24, 2.45) is 5.14 Å². The highest BCUT2D eigenvalue weighted by atomic mass is 35.5. The van der Waals surface area contributed by atoms with Crippen LogP contribution in [0.2, 0.25) is 5.02 Å². The van der Waals surface area contributed by atoms with Crippen LogP contribution in [0.5, 0.6) is 0 Å². The molecular formula is C16H13ClN4O3S. The molecule has 3 aromatic rings. The molecule has 0 bridgehead atoms. The number of nitrogens with two attached hydrogens (primary N) is 1. The summed E-state index contributed by atoms with van der Waals surface area (Å²) in [7, 11) is -3.77. The lowest BCUT2D eigenvalue weighted by Gasteiger charge is -2.04. The fourth-order valence-electron chi connectivity index (χ4n) is 2.11. The lowest BCUT2D eigenvalue weighted by atomic mass is 10.3. The van der Waals surface area contributed by atoms with Crippen molar-refractivity contribution in [2.75, 3.05) is 5.32 Å². The SMILES string of the molecule is NS(=O)(=O)c1ccc(NC(=O)c2cnn(-c3ccc(Cl)cc3)c2)cc1. The lowest BCUT2D eigenvalue weighted by Crippen LogP contribution is -2.13. The molecule has 2 aromatic carbocycles. The van der Waals surface area contributed by atoms with Gasteiger partial charge in [-0.2, -0.15) is 5.10 Å². The van der Waals surface area contributed by atoms with E-state index in [9.17, 15) is 13.2 Å². The van der Waals surface area contributed by atoms with Crippen LogP contribution >= 0.6 is 11.6 Å². The minimum Gasteiger partial charge on any atom is -0.322 e. The van der Waals surface area contributed by atoms with Crippen molar-refractivity contribution in [1.29, 1.82) is 0 Å². The molecule has 1 heterocycles. The van der Waals surface area contributed by atoms with E-state index in [2.05, 4.69) is 10.4 Å². The van der Waals surface area contributed by atoms with Crippen molar-refractivity contribution >= 4 is 33.2 Å². The van der Waals surface area contributed by atoms with Crippen molar-refractivity contribution in [1.82, 2.24) is 9.78 Å². The fourth-order valence-corrected chi connectivity index (χ4v) is 2.75. The minimum atomic E-state index is -3.77. The Morgan fingerprint density at radius 2 is 1.72 bits per heavy atom. The fraction of sp³-hybridized carbons (Fsp3) is 0. The average Bonchev–Trinajstić information content (AvgIpc) is 3.05. The van der Waals surface area contributed by atoms with Gasteiger partial charge in [-0.15, -0.1) is 0 Å². The summed E-state index contributed by atoms with van der Waals surface area (Å²) in [6, 6.07) is 12.6. The molecule has 25 heavy (non-hydrogen) atoms. The van der Waals surface area contributed by atoms with E-state index in [0.29, 0.717) is 16.3 Å². The number of sulfonamides is 1. The quantitative estimate of drug-likeness (QED) is 0.729. The Balaban J connectivity index is 1.75. The summed E-state index contributed by atoms with van der Waals surface area (Å²) in [6.45, 7) is 0. The lowest BCUT2D eigenvalue weighted by molar-refractivity contribution is 0.102. The number of aromatic nitrogens is 2. The smallest absolute Gasteiger partial charge is 0.258 e. The molecule has 3 N–H and O–H groups in total. The van der Waals surface area contributed by atoms with Crippen LogP contribution in [0, 0.1) is 0 Å². The maximum atomic E-state index is 12.3. The maximum Gasteiger partial charge on any atom is 0.258 e. The minimum absolute atomic E-state index is 0.0268. The molecule has 7 nitrogen and oxygen atoms in total. The summed E-state index contributed by atoms with van der Waals surface area (Å²) >= 11 is 5.85. The Morgan fingerprint density at radius 3 is 2.32 bits per heavy atom. The van der Waals surface area contributed by atoms with Crippen LogP contribution in [0.25, 0.3) is 5.69 Å². The summed E-state index contributed by atoms with van der Waals surface area (Å²) in [6.07, 6.45) is 3.01. The predicted molar refractivity (Wildman–Crippen MR) is 94.3 cm³/mol. The number of nitrogens with one attached hydrogen (secondary N) is 1. The summed E-state index contributed by atoms with van der Waals surface area (Å²) in [5.74, 6) is -0.372. The van der Waals surface area contributed by atoms with Gasteiger partial charge in [-0.05, 0) is 48.5 Å². The highest BCUT2D eigenvalue weighted by molar-refractivity contribution is 7.89. The maximum absolute atomic E-state index is 12.3. The van der Waals surface area contributed by atoms with Gasteiger partial charge in [0.1, 0.15) is 0 Å². The van der Waals surface area contributed by atoms with Crippen molar-refractivity contribution in [3.8, 4) is 5.69 Å². The Bertz CT molecular complexity index is 1010. The van der Waals surface area contributed by atoms with E-state index in [0.717, 1.165) is 5.69 Å². The molecule has 128 valence electrons. The van der Waals surface area contributed by atoms with Gasteiger partial charge in [-0.25, -0.2) is 18.2 Å². The largest absolute Gasteiger partial charge is 0.322 e. The first kappa shape index (κ1) is 17.2. The van der Waals surface area contributed by atoms with Gasteiger partial charge in [-0.3, -0.25) is 4.79 Å². The first-order valence-electron chi connectivity index (χ1n) is 7.08. The molecule has 3 rings (SSSR count). The molecule has 9 heteroatoms. The zero-order valence-electron chi connectivity index (χ0n) is 12.8. The van der Waals surface area contributed by atoms with Crippen molar-refractivity contribution in [2.45, 2.75) is 4.90 Å². The summed E-state index contributed by atoms with van der Waals surface area (Å²) < 4.78 is 24.0. The first-order chi connectivity index (χ1) is 11.8. The van der Waals surface area contributed by atoms with Crippen molar-refractivity contribution in [3.05, 3.63) is 71.5 Å². The molecule has 1 aromatic heterocycles. The summed E-state index contributed by atoms with van der Waals surface area (Å²) in [4.78, 5) is 12.2. The van der Waals surface area contributed by atoms with Crippen LogP contribution in [-0.2, 0) is 10.0 Å². The van der Waals surface area contributed by atoms with Gasteiger partial charge in [0.2, 0.25) is 10.0 Å². The molecule has 0 unspecified atom stereocenters. The standard InChI is InChI=1S/C16H13ClN4O3S/c17-12-1-5-14(6-2-12)21-10-11(9-19-21)16(22)20-13-3-7-15(8-4-13)25(18,23)24/h1-10H,(H,20,22)(H2,18,23,24). The molecule has 0 radical (unpaired) electrons. The number of carbonyl (C=O) groups is 1. The van der Waals surface area contributed by atoms with Gasteiger partial charge >= 0.3 is 0 Å². The number of carbonyl (C=O) groups excluding carboxylic acids is 1. The number of halogens is 1. The number of anilines is 1. The van der Waals surface area contributed by atoms with Crippen LogP contribution in [0.1, 0.15) is 10.4 Å². The Morgan fingerprint density at radius 1 is 1.08 bits per heavy atom. The second-order valence-corrected chi connectivity index (χ2v) is 7.17. The highest BCUT2D eigenvalue weighted by Crippen LogP contribution is 2.16. The first-order valence-corrected chi connectivity index (χ1v) is 9.00. The zero-order valence-corrected chi connectivity index (χ0v) is 14.3. The normalized spacial score (nSPS) is 11.3. The predicted octanol–water partition coefficient (Wildman–Crippen LogP) is 2.43. The molecular weight excluding hydrogens is 364 g/mol. The molecule has 0 spiro atoms. The topological polar surface area (TPSA) is 107 Å². The summed E-state index contributed by atoms with van der Waals surface area (Å²) in [5.41, 5.74) is 1.56. The number of nitrogens with zero attached hydrogens (tertiary/aromatic N) is 2. The van der Waals surface area contributed by atoms with Crippen LogP contribution in [0.3, 0.4) is 0 Å². The molecule has 0 fully saturated rings. The second kappa shape index (κ2) is 6.67. The van der Waals surface area contributed by atoms with Crippen molar-refractivity contribution in [3.63, 3.8) is 0 Å². The number of rotatable bonds is 4. The van der Waals surface area contributed by atoms with E-state index in [1.807, 2.05) is 0 Å². The number of amides is 1. The van der Waals surface area contributed by atoms with Gasteiger partial charge in [0.05, 0.1) is 22.3 Å². The highest BCUT2D eigenvalue weighted by Gasteiger charge is 2.11. The third-order valence-corrected chi connectivity index (χ3v) is 4.56. The monoisotopic (exact) mass is 376 g/mol. The number of hydrogen-bond acceptors (Lipinski definition) is 4. The number of hydrogen-bond donors (Lipinski definition) is 2. The van der Waals surface area contributed by atoms with E-state index in [1.165, 1.54) is 30.5 Å². The third-order valence-electron chi connectivity index (χ3n) is 3.38. The average molecular weight is 377 g/mol. The molecule has 0 saturated heterocycles. The van der Waals surface area contributed by atoms with Gasteiger partial charge in [-0.1, -0.05) is 11.6 Å². The second-order valence-electron chi connectivity index (χ2n) is 5.17. The number of benzene rings is 2. The van der Waals surface area contributed by atoms with E-state index < -0.39 is 10.0 Å².